The van der Waals surface area contributed by atoms with Crippen molar-refractivity contribution in [3.05, 3.63) is 26.4 Å². The summed E-state index contributed by atoms with van der Waals surface area (Å²) in [5, 5.41) is 14.1. The van der Waals surface area contributed by atoms with Crippen molar-refractivity contribution in [2.24, 2.45) is 9.98 Å². The normalized spacial score (nSPS) is 15.2. The molecule has 1 aromatic rings. The molecule has 0 radical (unpaired) electrons. The Morgan fingerprint density at radius 2 is 2.00 bits per heavy atom. The van der Waals surface area contributed by atoms with Gasteiger partial charge in [-0.25, -0.2) is 4.79 Å². The molecule has 1 heterocycles. The maximum Gasteiger partial charge on any atom is 0.368 e. The molecule has 0 aliphatic carbocycles. The molecule has 0 spiro atoms. The quantitative estimate of drug-likeness (QED) is 0.713. The highest BCUT2D eigenvalue weighted by atomic mass is 127. The van der Waals surface area contributed by atoms with Crippen molar-refractivity contribution in [3.63, 3.8) is 0 Å². The van der Waals surface area contributed by atoms with Gasteiger partial charge in [0.25, 0.3) is 0 Å². The Bertz CT molecular complexity index is 667. The third kappa shape index (κ3) is 4.45. The molecule has 0 unspecified atom stereocenters. The fraction of sp³-hybridized carbons (Fsp3) is 0.500. The molecule has 2 amide bonds. The molecule has 1 atom stereocenters. The third-order valence-corrected chi connectivity index (χ3v) is 3.65. The van der Waals surface area contributed by atoms with E-state index in [1.54, 1.807) is 6.07 Å². The Morgan fingerprint density at radius 3 is 2.67 bits per heavy atom. The summed E-state index contributed by atoms with van der Waals surface area (Å²) in [7, 11) is 0. The number of nitrogens with one attached hydrogen (secondary N) is 1. The lowest BCUT2D eigenvalue weighted by atomic mass is 10.1. The number of urea groups is 1. The van der Waals surface area contributed by atoms with E-state index in [-0.39, 0.29) is 12.1 Å². The van der Waals surface area contributed by atoms with Crippen LogP contribution in [0.5, 0.6) is 5.75 Å². The average molecular weight is 403 g/mol. The van der Waals surface area contributed by atoms with Gasteiger partial charge in [0.1, 0.15) is 29.2 Å². The number of ether oxygens (including phenoxy) is 1. The van der Waals surface area contributed by atoms with E-state index in [0.717, 1.165) is 3.57 Å². The predicted molar refractivity (Wildman–Crippen MR) is 86.1 cm³/mol. The average Bonchev–Trinajstić information content (AvgIpc) is 2.77. The number of benzene rings is 1. The van der Waals surface area contributed by atoms with Crippen LogP contribution in [0.25, 0.3) is 0 Å². The number of hydrogen-bond acceptors (Lipinski definition) is 4. The monoisotopic (exact) mass is 403 g/mol. The molecule has 7 heteroatoms. The summed E-state index contributed by atoms with van der Waals surface area (Å²) in [5.74, 6) is 0.467. The Kier molecular flexibility index (Phi) is 4.95. The van der Waals surface area contributed by atoms with Crippen molar-refractivity contribution >= 4 is 28.6 Å². The Morgan fingerprint density at radius 1 is 1.33 bits per heavy atom. The second kappa shape index (κ2) is 6.37. The first-order valence-corrected chi connectivity index (χ1v) is 7.70. The number of β-amino-alcohol motifs (C(OH)–C–C–N with tert-alkyl or cyclic N) is 1. The van der Waals surface area contributed by atoms with Gasteiger partial charge in [-0.15, -0.1) is 0 Å². The highest BCUT2D eigenvalue weighted by Gasteiger charge is 2.15. The number of nitrogens with zero attached hydrogens (tertiary/aromatic N) is 2. The van der Waals surface area contributed by atoms with Gasteiger partial charge in [0.2, 0.25) is 0 Å². The van der Waals surface area contributed by atoms with Gasteiger partial charge < -0.3 is 15.2 Å². The highest BCUT2D eigenvalue weighted by molar-refractivity contribution is 14.1. The molecule has 114 valence electrons. The fourth-order valence-electron chi connectivity index (χ4n) is 1.75. The predicted octanol–water partition coefficient (Wildman–Crippen LogP) is 0.792. The minimum Gasteiger partial charge on any atom is -0.488 e. The molecule has 0 saturated heterocycles. The van der Waals surface area contributed by atoms with E-state index >= 15 is 0 Å². The van der Waals surface area contributed by atoms with Crippen LogP contribution in [-0.2, 0) is 0 Å². The van der Waals surface area contributed by atoms with Gasteiger partial charge in [-0.05, 0) is 55.5 Å². The van der Waals surface area contributed by atoms with Crippen LogP contribution >= 0.6 is 22.6 Å². The zero-order chi connectivity index (χ0) is 15.6. The van der Waals surface area contributed by atoms with Crippen LogP contribution in [-0.4, -0.2) is 35.9 Å². The first-order chi connectivity index (χ1) is 9.76. The number of fused-ring (bicyclic) bond motifs is 1. The SMILES string of the molecule is CC(C)(C)NC[C@H](O)COc1ccc(I)c2c1=NC(=O)N=2. The van der Waals surface area contributed by atoms with E-state index in [9.17, 15) is 9.90 Å². The lowest BCUT2D eigenvalue weighted by Gasteiger charge is -2.22. The first-order valence-electron chi connectivity index (χ1n) is 6.62. The van der Waals surface area contributed by atoms with Crippen LogP contribution < -0.4 is 20.8 Å². The second-order valence-corrected chi connectivity index (χ2v) is 7.01. The standard InChI is InChI=1S/C14H18IN3O3/c1-14(2,3)16-6-8(19)7-21-10-5-4-9(15)11-12(10)18-13(20)17-11/h4-5,8,16,19H,6-7H2,1-3H3/t8-/m0/s1. The van der Waals surface area contributed by atoms with Gasteiger partial charge in [-0.1, -0.05) is 0 Å². The van der Waals surface area contributed by atoms with E-state index in [1.165, 1.54) is 0 Å². The van der Waals surface area contributed by atoms with Gasteiger partial charge in [-0.3, -0.25) is 0 Å². The van der Waals surface area contributed by atoms with Gasteiger partial charge in [-0.2, -0.15) is 9.98 Å². The van der Waals surface area contributed by atoms with Gasteiger partial charge in [0.15, 0.2) is 0 Å². The summed E-state index contributed by atoms with van der Waals surface area (Å²) in [6.07, 6.45) is -0.645. The van der Waals surface area contributed by atoms with Crippen molar-refractivity contribution in [1.82, 2.24) is 5.32 Å². The molecule has 0 aromatic heterocycles. The van der Waals surface area contributed by atoms with Crippen molar-refractivity contribution in [2.75, 3.05) is 13.2 Å². The topological polar surface area (TPSA) is 83.3 Å². The number of hydrogen-bond donors (Lipinski definition) is 2. The molecule has 6 nitrogen and oxygen atoms in total. The van der Waals surface area contributed by atoms with Gasteiger partial charge in [0, 0.05) is 15.7 Å². The molecule has 2 N–H and O–H groups in total. The molecule has 1 aliphatic heterocycles. The van der Waals surface area contributed by atoms with Crippen LogP contribution in [0, 0.1) is 3.57 Å². The summed E-state index contributed by atoms with van der Waals surface area (Å²) in [6, 6.07) is 3.03. The van der Waals surface area contributed by atoms with Crippen molar-refractivity contribution in [3.8, 4) is 5.75 Å². The van der Waals surface area contributed by atoms with Gasteiger partial charge in [0.05, 0.1) is 0 Å². The first kappa shape index (κ1) is 16.3. The minimum atomic E-state index is -0.645. The zero-order valence-corrected chi connectivity index (χ0v) is 14.3. The summed E-state index contributed by atoms with van der Waals surface area (Å²) >= 11 is 2.10. The van der Waals surface area contributed by atoms with E-state index < -0.39 is 12.1 Å². The summed E-state index contributed by atoms with van der Waals surface area (Å²) in [5.41, 5.74) is -0.0638. The van der Waals surface area contributed by atoms with E-state index in [4.69, 9.17) is 4.74 Å². The molecular formula is C14H18IN3O3. The zero-order valence-electron chi connectivity index (χ0n) is 12.2. The minimum absolute atomic E-state index is 0.0638. The molecule has 0 bridgehead atoms. The lowest BCUT2D eigenvalue weighted by Crippen LogP contribution is -2.42. The molecule has 0 fully saturated rings. The van der Waals surface area contributed by atoms with Crippen LogP contribution in [0.3, 0.4) is 0 Å². The van der Waals surface area contributed by atoms with Crippen LogP contribution in [0.15, 0.2) is 22.1 Å². The third-order valence-electron chi connectivity index (χ3n) is 2.78. The number of aliphatic hydroxyl groups is 1. The Balaban J connectivity index is 2.03. The molecule has 1 aliphatic rings. The lowest BCUT2D eigenvalue weighted by molar-refractivity contribution is 0.0993. The largest absolute Gasteiger partial charge is 0.488 e. The molecular weight excluding hydrogens is 385 g/mol. The molecule has 21 heavy (non-hydrogen) atoms. The summed E-state index contributed by atoms with van der Waals surface area (Å²) in [4.78, 5) is 19.0. The van der Waals surface area contributed by atoms with Crippen molar-refractivity contribution < 1.29 is 14.6 Å². The smallest absolute Gasteiger partial charge is 0.368 e. The maximum absolute atomic E-state index is 11.3. The molecule has 2 rings (SSSR count). The summed E-state index contributed by atoms with van der Waals surface area (Å²) in [6.45, 7) is 6.63. The number of aliphatic hydroxyl groups excluding tert-OH is 1. The van der Waals surface area contributed by atoms with Crippen LogP contribution in [0.2, 0.25) is 0 Å². The maximum atomic E-state index is 11.3. The highest BCUT2D eigenvalue weighted by Crippen LogP contribution is 2.07. The van der Waals surface area contributed by atoms with Crippen LogP contribution in [0.1, 0.15) is 20.8 Å². The molecule has 0 saturated carbocycles. The number of carbonyl (C=O) groups excluding carboxylic acids is 1. The number of halogens is 1. The van der Waals surface area contributed by atoms with E-state index in [0.29, 0.717) is 23.0 Å². The van der Waals surface area contributed by atoms with Crippen LogP contribution in [0.4, 0.5) is 4.79 Å². The van der Waals surface area contributed by atoms with E-state index in [1.807, 2.05) is 26.8 Å². The summed E-state index contributed by atoms with van der Waals surface area (Å²) < 4.78 is 6.43. The number of amides is 2. The number of carbonyl (C=O) groups is 1. The van der Waals surface area contributed by atoms with Crippen molar-refractivity contribution in [1.29, 1.82) is 0 Å². The fourth-order valence-corrected chi connectivity index (χ4v) is 2.31. The Hall–Kier alpha value is -1.06. The van der Waals surface area contributed by atoms with Crippen molar-refractivity contribution in [2.45, 2.75) is 32.4 Å². The van der Waals surface area contributed by atoms with E-state index in [2.05, 4.69) is 37.9 Å². The molecule has 1 aromatic carbocycles. The number of rotatable bonds is 5. The van der Waals surface area contributed by atoms with Gasteiger partial charge >= 0.3 is 6.03 Å². The Labute approximate surface area is 136 Å². The second-order valence-electron chi connectivity index (χ2n) is 5.84.